The number of hydrogen-bond acceptors (Lipinski definition) is 3. The first-order valence-electron chi connectivity index (χ1n) is 2.07. The van der Waals surface area contributed by atoms with Gasteiger partial charge in [0.2, 0.25) is 5.91 Å². The van der Waals surface area contributed by atoms with Crippen LogP contribution >= 0.6 is 0 Å². The van der Waals surface area contributed by atoms with Crippen molar-refractivity contribution in [3.63, 3.8) is 0 Å². The molecule has 8 heavy (non-hydrogen) atoms. The average Bonchev–Trinajstić information content (AvgIpc) is 1.61. The molecule has 0 saturated carbocycles. The molecule has 0 radical (unpaired) electrons. The molecule has 0 bridgehead atoms. The van der Waals surface area contributed by atoms with E-state index in [1.807, 2.05) is 5.48 Å². The standard InChI is InChI=1S/C4H7NO3/c1-3(6)5-8-4(2)7/h1-2H3,(H,5,6). The van der Waals surface area contributed by atoms with Gasteiger partial charge in [0.05, 0.1) is 0 Å². The Morgan fingerprint density at radius 1 is 1.38 bits per heavy atom. The normalized spacial score (nSPS) is 7.75. The van der Waals surface area contributed by atoms with Crippen LogP contribution in [0, 0.1) is 0 Å². The van der Waals surface area contributed by atoms with Gasteiger partial charge in [-0.2, -0.15) is 5.48 Å². The van der Waals surface area contributed by atoms with Crippen molar-refractivity contribution in [1.29, 1.82) is 0 Å². The Bertz CT molecular complexity index is 95.9. The van der Waals surface area contributed by atoms with Gasteiger partial charge in [0, 0.05) is 13.8 Å². The van der Waals surface area contributed by atoms with Crippen LogP contribution in [0.15, 0.2) is 0 Å². The molecule has 0 heterocycles. The van der Waals surface area contributed by atoms with Gasteiger partial charge in [-0.3, -0.25) is 9.59 Å². The summed E-state index contributed by atoms with van der Waals surface area (Å²) >= 11 is 0. The number of carbonyl (C=O) groups is 2. The number of carbonyl (C=O) groups excluding carboxylic acids is 2. The summed E-state index contributed by atoms with van der Waals surface area (Å²) in [6, 6.07) is 0. The van der Waals surface area contributed by atoms with E-state index in [4.69, 9.17) is 0 Å². The Kier molecular flexibility index (Phi) is 2.61. The van der Waals surface area contributed by atoms with Gasteiger partial charge in [-0.05, 0) is 0 Å². The summed E-state index contributed by atoms with van der Waals surface area (Å²) in [7, 11) is 0. The first-order chi connectivity index (χ1) is 3.63. The predicted octanol–water partition coefficient (Wildman–Crippen LogP) is -0.399. The van der Waals surface area contributed by atoms with Crippen LogP contribution < -0.4 is 5.48 Å². The molecule has 0 aromatic carbocycles. The second kappa shape index (κ2) is 3.01. The highest BCUT2D eigenvalue weighted by molar-refractivity contribution is 5.74. The van der Waals surface area contributed by atoms with Crippen LogP contribution in [0.2, 0.25) is 0 Å². The van der Waals surface area contributed by atoms with Crippen molar-refractivity contribution in [2.75, 3.05) is 0 Å². The number of nitrogens with one attached hydrogen (secondary N) is 1. The van der Waals surface area contributed by atoms with E-state index >= 15 is 0 Å². The molecular weight excluding hydrogens is 110 g/mol. The highest BCUT2D eigenvalue weighted by Crippen LogP contribution is 1.66. The third kappa shape index (κ3) is 4.94. The van der Waals surface area contributed by atoms with Crippen molar-refractivity contribution in [3.8, 4) is 0 Å². The van der Waals surface area contributed by atoms with Crippen molar-refractivity contribution in [2.45, 2.75) is 13.8 Å². The maximum Gasteiger partial charge on any atom is 0.329 e. The molecule has 1 amide bonds. The maximum atomic E-state index is 9.96. The van der Waals surface area contributed by atoms with Gasteiger partial charge in [-0.15, -0.1) is 0 Å². The van der Waals surface area contributed by atoms with Crippen molar-refractivity contribution in [2.24, 2.45) is 0 Å². The van der Waals surface area contributed by atoms with Crippen LogP contribution in [-0.4, -0.2) is 11.9 Å². The fourth-order valence-corrected chi connectivity index (χ4v) is 0.144. The zero-order valence-corrected chi connectivity index (χ0v) is 4.72. The molecule has 1 N–H and O–H groups in total. The quantitative estimate of drug-likeness (QED) is 0.439. The maximum absolute atomic E-state index is 9.96. The van der Waals surface area contributed by atoms with Crippen LogP contribution in [0.25, 0.3) is 0 Å². The number of hydroxylamine groups is 1. The Morgan fingerprint density at radius 3 is 2.00 bits per heavy atom. The highest BCUT2D eigenvalue weighted by Gasteiger charge is 1.91. The molecule has 0 aliphatic carbocycles. The first kappa shape index (κ1) is 6.94. The van der Waals surface area contributed by atoms with E-state index in [2.05, 4.69) is 4.84 Å². The van der Waals surface area contributed by atoms with Gasteiger partial charge in [0.15, 0.2) is 0 Å². The Labute approximate surface area is 46.8 Å². The van der Waals surface area contributed by atoms with Crippen LogP contribution in [-0.2, 0) is 14.4 Å². The zero-order valence-electron chi connectivity index (χ0n) is 4.72. The molecule has 0 aliphatic rings. The van der Waals surface area contributed by atoms with Gasteiger partial charge >= 0.3 is 5.97 Å². The highest BCUT2D eigenvalue weighted by atomic mass is 16.7. The summed E-state index contributed by atoms with van der Waals surface area (Å²) < 4.78 is 0. The molecule has 0 rings (SSSR count). The van der Waals surface area contributed by atoms with E-state index in [9.17, 15) is 9.59 Å². The van der Waals surface area contributed by atoms with Crippen molar-refractivity contribution >= 4 is 11.9 Å². The molecule has 0 saturated heterocycles. The fourth-order valence-electron chi connectivity index (χ4n) is 0.144. The largest absolute Gasteiger partial charge is 0.341 e. The Hall–Kier alpha value is -1.06. The second-order valence-corrected chi connectivity index (χ2v) is 1.25. The summed E-state index contributed by atoms with van der Waals surface area (Å²) in [6.45, 7) is 2.46. The smallest absolute Gasteiger partial charge is 0.329 e. The topological polar surface area (TPSA) is 55.4 Å². The van der Waals surface area contributed by atoms with Crippen LogP contribution in [0.4, 0.5) is 0 Å². The van der Waals surface area contributed by atoms with Gasteiger partial charge < -0.3 is 4.84 Å². The first-order valence-corrected chi connectivity index (χ1v) is 2.07. The van der Waals surface area contributed by atoms with E-state index in [0.717, 1.165) is 0 Å². The average molecular weight is 117 g/mol. The van der Waals surface area contributed by atoms with E-state index < -0.39 is 5.97 Å². The van der Waals surface area contributed by atoms with Crippen LogP contribution in [0.3, 0.4) is 0 Å². The molecule has 46 valence electrons. The molecular formula is C4H7NO3. The van der Waals surface area contributed by atoms with Gasteiger partial charge in [-0.1, -0.05) is 0 Å². The molecule has 0 fully saturated rings. The molecule has 4 nitrogen and oxygen atoms in total. The Balaban J connectivity index is 3.18. The minimum atomic E-state index is -0.528. The van der Waals surface area contributed by atoms with Gasteiger partial charge in [0.1, 0.15) is 0 Å². The summed E-state index contributed by atoms with van der Waals surface area (Å²) in [4.78, 5) is 23.9. The molecule has 0 unspecified atom stereocenters. The van der Waals surface area contributed by atoms with Crippen LogP contribution in [0.1, 0.15) is 13.8 Å². The molecule has 0 aliphatic heterocycles. The second-order valence-electron chi connectivity index (χ2n) is 1.25. The lowest BCUT2D eigenvalue weighted by Crippen LogP contribution is -2.22. The Morgan fingerprint density at radius 2 is 1.88 bits per heavy atom. The molecule has 0 aromatic rings. The third-order valence-electron chi connectivity index (χ3n) is 0.338. The van der Waals surface area contributed by atoms with Gasteiger partial charge in [-0.25, -0.2) is 0 Å². The number of rotatable bonds is 0. The lowest BCUT2D eigenvalue weighted by atomic mass is 10.8. The number of hydrogen-bond donors (Lipinski definition) is 1. The van der Waals surface area contributed by atoms with E-state index in [1.165, 1.54) is 13.8 Å². The minimum absolute atomic E-state index is 0.389. The van der Waals surface area contributed by atoms with Gasteiger partial charge in [0.25, 0.3) is 0 Å². The van der Waals surface area contributed by atoms with Crippen molar-refractivity contribution < 1.29 is 14.4 Å². The molecule has 4 heteroatoms. The summed E-state index contributed by atoms with van der Waals surface area (Å²) in [5.41, 5.74) is 1.86. The van der Waals surface area contributed by atoms with E-state index in [1.54, 1.807) is 0 Å². The fraction of sp³-hybridized carbons (Fsp3) is 0.500. The summed E-state index contributed by atoms with van der Waals surface area (Å²) in [6.07, 6.45) is 0. The van der Waals surface area contributed by atoms with E-state index in [0.29, 0.717) is 0 Å². The van der Waals surface area contributed by atoms with Crippen molar-refractivity contribution in [1.82, 2.24) is 5.48 Å². The van der Waals surface area contributed by atoms with E-state index in [-0.39, 0.29) is 5.91 Å². The minimum Gasteiger partial charge on any atom is -0.341 e. The number of amides is 1. The SMILES string of the molecule is CC(=O)NOC(C)=O. The summed E-state index contributed by atoms with van der Waals surface area (Å²) in [5, 5.41) is 0. The van der Waals surface area contributed by atoms with Crippen molar-refractivity contribution in [3.05, 3.63) is 0 Å². The third-order valence-corrected chi connectivity index (χ3v) is 0.338. The summed E-state index contributed by atoms with van der Waals surface area (Å²) in [5.74, 6) is -0.916. The molecule has 0 spiro atoms. The zero-order chi connectivity index (χ0) is 6.57. The lowest BCUT2D eigenvalue weighted by molar-refractivity contribution is -0.155. The monoisotopic (exact) mass is 117 g/mol. The molecule has 0 atom stereocenters. The van der Waals surface area contributed by atoms with Crippen LogP contribution in [0.5, 0.6) is 0 Å². The lowest BCUT2D eigenvalue weighted by Gasteiger charge is -1.96. The predicted molar refractivity (Wildman–Crippen MR) is 25.6 cm³/mol. The molecule has 0 aromatic heterocycles.